The summed E-state index contributed by atoms with van der Waals surface area (Å²) in [6.07, 6.45) is 28.6. The molecule has 3 aliphatic carbocycles. The van der Waals surface area contributed by atoms with Gasteiger partial charge in [-0.3, -0.25) is 0 Å². The summed E-state index contributed by atoms with van der Waals surface area (Å²) in [6, 6.07) is 2.74. The van der Waals surface area contributed by atoms with E-state index >= 15 is 0 Å². The van der Waals surface area contributed by atoms with Gasteiger partial charge in [-0.15, -0.1) is 0 Å². The van der Waals surface area contributed by atoms with Crippen molar-refractivity contribution in [3.05, 3.63) is 36.5 Å². The lowest BCUT2D eigenvalue weighted by atomic mass is 9.94. The van der Waals surface area contributed by atoms with Gasteiger partial charge in [0.15, 0.2) is 0 Å². The molecule has 7 nitrogen and oxygen atoms in total. The minimum Gasteiger partial charge on any atom is -0.415 e. The van der Waals surface area contributed by atoms with E-state index in [1.165, 1.54) is 57.8 Å². The van der Waals surface area contributed by atoms with Gasteiger partial charge in [0.2, 0.25) is 0 Å². The standard InChI is InChI=1S/C35H68O7Si4/c1-8-36-43(5,30-27-33-21-15-12-16-22-33)40-44(6,31-28-34-23-17-13-18-24-34)41-45(7,32-29-35-25-19-14-20-26-35)42-46(37-9-2,38-10-3)39-11-4/h15,17,19,21,23,25,33-35H,8-14,16,18,20,22,24,26-32H2,1-7H3. The van der Waals surface area contributed by atoms with Crippen LogP contribution < -0.4 is 0 Å². The predicted octanol–water partition coefficient (Wildman–Crippen LogP) is 10.1. The Balaban J connectivity index is 1.94. The molecule has 0 aromatic heterocycles. The van der Waals surface area contributed by atoms with Crippen molar-refractivity contribution in [2.45, 2.75) is 143 Å². The third-order valence-electron chi connectivity index (χ3n) is 9.59. The molecule has 0 aromatic carbocycles. The lowest BCUT2D eigenvalue weighted by Gasteiger charge is -2.44. The fraction of sp³-hybridized carbons (Fsp3) is 0.829. The molecular formula is C35H68O7Si4. The van der Waals surface area contributed by atoms with E-state index in [1.54, 1.807) is 0 Å². The number of rotatable bonds is 23. The van der Waals surface area contributed by atoms with Crippen molar-refractivity contribution in [3.63, 3.8) is 0 Å². The van der Waals surface area contributed by atoms with Crippen molar-refractivity contribution in [1.82, 2.24) is 0 Å². The Morgan fingerprint density at radius 3 is 1.17 bits per heavy atom. The van der Waals surface area contributed by atoms with Crippen LogP contribution in [0.15, 0.2) is 36.5 Å². The normalized spacial score (nSPS) is 26.0. The van der Waals surface area contributed by atoms with Gasteiger partial charge in [0.1, 0.15) is 0 Å². The molecule has 6 atom stereocenters. The van der Waals surface area contributed by atoms with Crippen LogP contribution in [-0.4, -0.2) is 61.2 Å². The largest absolute Gasteiger partial charge is 0.670 e. The second-order valence-electron chi connectivity index (χ2n) is 13.9. The van der Waals surface area contributed by atoms with Gasteiger partial charge in [-0.1, -0.05) is 36.5 Å². The maximum absolute atomic E-state index is 7.56. The zero-order chi connectivity index (χ0) is 33.4. The Bertz CT molecular complexity index is 935. The lowest BCUT2D eigenvalue weighted by Crippen LogP contribution is -2.63. The van der Waals surface area contributed by atoms with Gasteiger partial charge in [0.25, 0.3) is 0 Å². The van der Waals surface area contributed by atoms with Crippen molar-refractivity contribution >= 4 is 34.7 Å². The second-order valence-corrected chi connectivity index (χ2v) is 26.8. The predicted molar refractivity (Wildman–Crippen MR) is 198 cm³/mol. The zero-order valence-corrected chi connectivity index (χ0v) is 34.5. The summed E-state index contributed by atoms with van der Waals surface area (Å²) in [4.78, 5) is 0. The van der Waals surface area contributed by atoms with Crippen LogP contribution in [0.3, 0.4) is 0 Å². The Morgan fingerprint density at radius 2 is 0.826 bits per heavy atom. The van der Waals surface area contributed by atoms with E-state index in [9.17, 15) is 0 Å². The molecule has 266 valence electrons. The molecule has 0 spiro atoms. The highest BCUT2D eigenvalue weighted by Crippen LogP contribution is 2.37. The first-order valence-corrected chi connectivity index (χ1v) is 28.0. The van der Waals surface area contributed by atoms with E-state index in [4.69, 9.17) is 30.0 Å². The molecule has 6 unspecified atom stereocenters. The van der Waals surface area contributed by atoms with Gasteiger partial charge in [0.05, 0.1) is 0 Å². The van der Waals surface area contributed by atoms with Crippen LogP contribution in [0.25, 0.3) is 0 Å². The molecule has 0 saturated heterocycles. The molecular weight excluding hydrogens is 645 g/mol. The summed E-state index contributed by atoms with van der Waals surface area (Å²) in [7, 11) is -11.8. The Labute approximate surface area is 287 Å². The highest BCUT2D eigenvalue weighted by molar-refractivity contribution is 6.87. The summed E-state index contributed by atoms with van der Waals surface area (Å²) < 4.78 is 47.6. The first-order valence-electron chi connectivity index (χ1n) is 18.8. The number of hydrogen-bond acceptors (Lipinski definition) is 7. The molecule has 0 aliphatic heterocycles. The van der Waals surface area contributed by atoms with Crippen molar-refractivity contribution in [2.24, 2.45) is 17.8 Å². The van der Waals surface area contributed by atoms with Gasteiger partial charge in [-0.05, 0) is 160 Å². The monoisotopic (exact) mass is 712 g/mol. The van der Waals surface area contributed by atoms with Crippen LogP contribution in [0.1, 0.15) is 105 Å². The van der Waals surface area contributed by atoms with Crippen LogP contribution in [0.4, 0.5) is 0 Å². The van der Waals surface area contributed by atoms with Crippen LogP contribution in [0.5, 0.6) is 0 Å². The average molecular weight is 713 g/mol. The molecule has 0 fully saturated rings. The average Bonchev–Trinajstić information content (AvgIpc) is 3.04. The van der Waals surface area contributed by atoms with Gasteiger partial charge < -0.3 is 30.0 Å². The molecule has 0 aromatic rings. The van der Waals surface area contributed by atoms with Crippen molar-refractivity contribution < 1.29 is 30.0 Å². The molecule has 0 bridgehead atoms. The maximum Gasteiger partial charge on any atom is 0.670 e. The lowest BCUT2D eigenvalue weighted by molar-refractivity contribution is 0.000465. The quantitative estimate of drug-likeness (QED) is 0.0772. The summed E-state index contributed by atoms with van der Waals surface area (Å²) >= 11 is 0. The van der Waals surface area contributed by atoms with Crippen LogP contribution in [0.2, 0.25) is 37.8 Å². The summed E-state index contributed by atoms with van der Waals surface area (Å²) in [6.45, 7) is 16.9. The molecule has 0 heterocycles. The molecule has 0 N–H and O–H groups in total. The van der Waals surface area contributed by atoms with Crippen molar-refractivity contribution in [3.8, 4) is 0 Å². The van der Waals surface area contributed by atoms with Gasteiger partial charge in [-0.2, -0.15) is 0 Å². The van der Waals surface area contributed by atoms with E-state index in [2.05, 4.69) is 63.0 Å². The Kier molecular flexibility index (Phi) is 17.9. The molecule has 3 aliphatic rings. The summed E-state index contributed by atoms with van der Waals surface area (Å²) in [5.41, 5.74) is 0. The molecule has 11 heteroatoms. The molecule has 3 rings (SSSR count). The van der Waals surface area contributed by atoms with E-state index in [1.807, 2.05) is 20.8 Å². The molecule has 0 amide bonds. The van der Waals surface area contributed by atoms with E-state index in [0.29, 0.717) is 44.2 Å². The van der Waals surface area contributed by atoms with Crippen molar-refractivity contribution in [2.75, 3.05) is 26.4 Å². The summed E-state index contributed by atoms with van der Waals surface area (Å²) in [5, 5.41) is 0. The third-order valence-corrected chi connectivity index (χ3v) is 25.6. The molecule has 0 radical (unpaired) electrons. The van der Waals surface area contributed by atoms with Gasteiger partial charge in [-0.25, -0.2) is 0 Å². The SMILES string of the molecule is CCO[Si](C)(CCC1C=CCCC1)O[Si](C)(CCC1C=CCCC1)O[Si](C)(CCC1C=CCCC1)O[Si](OCC)(OCC)OCC. The fourth-order valence-electron chi connectivity index (χ4n) is 7.34. The number of allylic oxidation sites excluding steroid dienone is 6. The molecule has 46 heavy (non-hydrogen) atoms. The first kappa shape index (κ1) is 40.2. The van der Waals surface area contributed by atoms with Gasteiger partial charge in [0, 0.05) is 26.4 Å². The first-order chi connectivity index (χ1) is 22.1. The number of hydrogen-bond donors (Lipinski definition) is 0. The highest BCUT2D eigenvalue weighted by Gasteiger charge is 2.56. The third kappa shape index (κ3) is 14.0. The van der Waals surface area contributed by atoms with Gasteiger partial charge >= 0.3 is 34.7 Å². The topological polar surface area (TPSA) is 64.6 Å². The highest BCUT2D eigenvalue weighted by atomic mass is 28.5. The molecule has 0 saturated carbocycles. The fourth-order valence-corrected chi connectivity index (χ4v) is 25.6. The van der Waals surface area contributed by atoms with Crippen molar-refractivity contribution in [1.29, 1.82) is 0 Å². The Morgan fingerprint density at radius 1 is 0.478 bits per heavy atom. The Hall–Kier alpha value is -0.192. The minimum atomic E-state index is -3.44. The van der Waals surface area contributed by atoms with E-state index in [-0.39, 0.29) is 0 Å². The van der Waals surface area contributed by atoms with Crippen LogP contribution in [-0.2, 0) is 30.0 Å². The smallest absolute Gasteiger partial charge is 0.415 e. The van der Waals surface area contributed by atoms with Crippen LogP contribution >= 0.6 is 0 Å². The second kappa shape index (κ2) is 20.5. The summed E-state index contributed by atoms with van der Waals surface area (Å²) in [5.74, 6) is 1.74. The van der Waals surface area contributed by atoms with E-state index in [0.717, 1.165) is 37.4 Å². The maximum atomic E-state index is 7.56. The zero-order valence-electron chi connectivity index (χ0n) is 30.5. The van der Waals surface area contributed by atoms with E-state index < -0.39 is 34.7 Å². The van der Waals surface area contributed by atoms with Crippen LogP contribution in [0, 0.1) is 17.8 Å². The minimum absolute atomic E-state index is 0.464.